The fourth-order valence-corrected chi connectivity index (χ4v) is 10.6. The summed E-state index contributed by atoms with van der Waals surface area (Å²) in [6.45, 7) is 10.0. The molecule has 354 valence electrons. The van der Waals surface area contributed by atoms with Gasteiger partial charge in [-0.25, -0.2) is 24.7 Å². The Morgan fingerprint density at radius 1 is 0.912 bits per heavy atom. The van der Waals surface area contributed by atoms with Crippen LogP contribution in [0.5, 0.6) is 28.9 Å². The maximum Gasteiger partial charge on any atom is 0.348 e. The van der Waals surface area contributed by atoms with Crippen LogP contribution in [0.15, 0.2) is 94.0 Å². The van der Waals surface area contributed by atoms with Crippen molar-refractivity contribution in [1.29, 1.82) is 0 Å². The number of thiophene rings is 1. The Hall–Kier alpha value is -5.56. The van der Waals surface area contributed by atoms with Gasteiger partial charge < -0.3 is 28.4 Å². The number of carbonyl (C=O) groups is 1. The van der Waals surface area contributed by atoms with E-state index in [4.69, 9.17) is 60.8 Å². The lowest BCUT2D eigenvalue weighted by atomic mass is 9.95. The van der Waals surface area contributed by atoms with Crippen LogP contribution >= 0.6 is 50.5 Å². The van der Waals surface area contributed by atoms with Gasteiger partial charge in [-0.15, -0.1) is 11.3 Å². The van der Waals surface area contributed by atoms with Crippen LogP contribution in [-0.4, -0.2) is 72.5 Å². The van der Waals surface area contributed by atoms with Crippen molar-refractivity contribution in [2.45, 2.75) is 77.3 Å². The third-order valence-electron chi connectivity index (χ3n) is 10.7. The van der Waals surface area contributed by atoms with Crippen LogP contribution in [0.3, 0.4) is 0 Å². The number of halogens is 3. The van der Waals surface area contributed by atoms with E-state index in [2.05, 4.69) is 30.9 Å². The van der Waals surface area contributed by atoms with E-state index in [1.165, 1.54) is 29.8 Å². The molecule has 0 spiro atoms. The fraction of sp³-hybridized carbons (Fsp3) is 0.286. The Bertz CT molecular complexity index is 3120. The minimum Gasteiger partial charge on any atom is -0.496 e. The van der Waals surface area contributed by atoms with Gasteiger partial charge in [0.1, 0.15) is 53.8 Å². The van der Waals surface area contributed by atoms with Crippen molar-refractivity contribution in [3.8, 4) is 51.4 Å². The van der Waals surface area contributed by atoms with Crippen LogP contribution in [-0.2, 0) is 36.9 Å². The molecule has 0 fully saturated rings. The summed E-state index contributed by atoms with van der Waals surface area (Å²) in [7, 11) is -2.66. The number of methoxy groups -OCH3 is 1. The van der Waals surface area contributed by atoms with Crippen LogP contribution in [0.25, 0.3) is 32.7 Å². The van der Waals surface area contributed by atoms with Gasteiger partial charge in [-0.1, -0.05) is 53.0 Å². The molecule has 14 nitrogen and oxygen atoms in total. The van der Waals surface area contributed by atoms with E-state index < -0.39 is 40.5 Å². The van der Waals surface area contributed by atoms with Gasteiger partial charge >= 0.3 is 5.97 Å². The first-order chi connectivity index (χ1) is 32.4. The molecule has 0 saturated heterocycles. The largest absolute Gasteiger partial charge is 0.496 e. The minimum atomic E-state index is -4.25. The smallest absolute Gasteiger partial charge is 0.348 e. The third-order valence-corrected chi connectivity index (χ3v) is 14.7. The normalized spacial score (nSPS) is 15.2. The standard InChI is InChI=1S/C49H45BrCl2N4O10S2/c1-26-12-15-33(16-13-26)68(58,59)63-24-32-23-61-31-14-17-35(62-22-30-18-19-53-45(56-30)34-10-8-9-11-36(34)60-7)29(20-31)21-37(48(57)66-49(4,5)6)65-46-40-39(44(50)67-47(40)55-25-54-46)38-27(2)41(51)43(64-32)42(52)28(38)3/h8-20,25,32,37H,21-24H2,1-7H3/t32-,37+/m0/s1. The molecule has 0 aliphatic carbocycles. The summed E-state index contributed by atoms with van der Waals surface area (Å²) in [6.07, 6.45) is 0.523. The predicted octanol–water partition coefficient (Wildman–Crippen LogP) is 11.3. The average molecular weight is 1060 g/mol. The Labute approximate surface area is 416 Å². The van der Waals surface area contributed by atoms with Crippen molar-refractivity contribution in [2.75, 3.05) is 20.3 Å². The summed E-state index contributed by atoms with van der Waals surface area (Å²) in [5, 5.41) is 0.807. The number of hydrogen-bond acceptors (Lipinski definition) is 15. The number of ether oxygens (including phenoxy) is 6. The Morgan fingerprint density at radius 3 is 2.37 bits per heavy atom. The van der Waals surface area contributed by atoms with E-state index in [-0.39, 0.29) is 46.2 Å². The highest BCUT2D eigenvalue weighted by atomic mass is 79.9. The number of nitrogens with zero attached hydrogens (tertiary/aromatic N) is 4. The molecule has 2 aliphatic rings. The molecule has 9 rings (SSSR count). The zero-order valence-corrected chi connectivity index (χ0v) is 42.6. The number of aromatic nitrogens is 4. The van der Waals surface area contributed by atoms with Gasteiger partial charge in [-0.3, -0.25) is 4.18 Å². The van der Waals surface area contributed by atoms with Crippen LogP contribution in [0.4, 0.5) is 0 Å². The maximum atomic E-state index is 14.3. The highest BCUT2D eigenvalue weighted by molar-refractivity contribution is 9.11. The van der Waals surface area contributed by atoms with E-state index in [9.17, 15) is 13.2 Å². The van der Waals surface area contributed by atoms with Crippen LogP contribution in [0, 0.1) is 20.8 Å². The summed E-state index contributed by atoms with van der Waals surface area (Å²) in [5.41, 5.74) is 4.15. The molecule has 4 aromatic carbocycles. The lowest BCUT2D eigenvalue weighted by molar-refractivity contribution is -0.163. The van der Waals surface area contributed by atoms with E-state index >= 15 is 0 Å². The molecule has 2 aliphatic heterocycles. The molecule has 0 amide bonds. The molecule has 19 heteroatoms. The summed E-state index contributed by atoms with van der Waals surface area (Å²) < 4.78 is 70.8. The number of para-hydroxylation sites is 1. The SMILES string of the molecule is COc1ccccc1-c1nccc(COc2ccc3cc2C[C@H](C(=O)OC(C)(C)C)Oc2ncnc4sc(Br)c(c24)-c2c(C)c(Cl)c(c(Cl)c2C)O[C@H](COS(=O)(=O)c2ccc(C)cc2)CO3)n1. The quantitative estimate of drug-likeness (QED) is 0.0937. The van der Waals surface area contributed by atoms with Gasteiger partial charge in [0.25, 0.3) is 10.1 Å². The lowest BCUT2D eigenvalue weighted by Gasteiger charge is -2.25. The summed E-state index contributed by atoms with van der Waals surface area (Å²) in [6, 6.07) is 20.5. The average Bonchev–Trinajstić information content (AvgIpc) is 3.65. The zero-order valence-electron chi connectivity index (χ0n) is 37.9. The van der Waals surface area contributed by atoms with Gasteiger partial charge in [-0.05, 0) is 123 Å². The summed E-state index contributed by atoms with van der Waals surface area (Å²) in [4.78, 5) is 33.2. The van der Waals surface area contributed by atoms with E-state index in [1.54, 1.807) is 70.5 Å². The first-order valence-corrected chi connectivity index (χ1v) is 25.0. The molecule has 2 atom stereocenters. The molecule has 68 heavy (non-hydrogen) atoms. The molecule has 0 radical (unpaired) electrons. The number of fused-ring (bicyclic) bond motifs is 7. The highest BCUT2D eigenvalue weighted by Gasteiger charge is 2.33. The highest BCUT2D eigenvalue weighted by Crippen LogP contribution is 2.52. The van der Waals surface area contributed by atoms with Crippen LogP contribution in [0.2, 0.25) is 10.0 Å². The van der Waals surface area contributed by atoms with E-state index in [0.717, 1.165) is 5.56 Å². The Kier molecular flexibility index (Phi) is 14.5. The molecular formula is C49H45BrCl2N4O10S2. The Balaban J connectivity index is 1.24. The van der Waals surface area contributed by atoms with Gasteiger partial charge in [0.2, 0.25) is 12.0 Å². The van der Waals surface area contributed by atoms with Crippen molar-refractivity contribution >= 4 is 76.8 Å². The first kappa shape index (κ1) is 48.9. The molecule has 0 unspecified atom stereocenters. The second-order valence-electron chi connectivity index (χ2n) is 16.8. The van der Waals surface area contributed by atoms with Crippen molar-refractivity contribution in [3.63, 3.8) is 0 Å². The Morgan fingerprint density at radius 2 is 1.65 bits per heavy atom. The third kappa shape index (κ3) is 10.7. The molecular weight excluding hydrogens is 1020 g/mol. The number of benzene rings is 4. The molecule has 5 heterocycles. The second kappa shape index (κ2) is 20.2. The van der Waals surface area contributed by atoms with E-state index in [1.807, 2.05) is 45.0 Å². The van der Waals surface area contributed by atoms with Crippen molar-refractivity contribution in [1.82, 2.24) is 19.9 Å². The molecule has 4 bridgehead atoms. The monoisotopic (exact) mass is 1060 g/mol. The van der Waals surface area contributed by atoms with E-state index in [0.29, 0.717) is 76.2 Å². The number of hydrogen-bond donors (Lipinski definition) is 0. The number of rotatable bonds is 10. The van der Waals surface area contributed by atoms with Crippen LogP contribution < -0.4 is 23.7 Å². The molecule has 3 aromatic heterocycles. The predicted molar refractivity (Wildman–Crippen MR) is 263 cm³/mol. The maximum absolute atomic E-state index is 14.3. The minimum absolute atomic E-state index is 0.00874. The van der Waals surface area contributed by atoms with Gasteiger partial charge in [0.15, 0.2) is 17.7 Å². The van der Waals surface area contributed by atoms with Crippen molar-refractivity contribution in [2.24, 2.45) is 0 Å². The van der Waals surface area contributed by atoms with Crippen LogP contribution in [0.1, 0.15) is 48.7 Å². The first-order valence-electron chi connectivity index (χ1n) is 21.2. The van der Waals surface area contributed by atoms with Crippen molar-refractivity contribution < 1.29 is 45.8 Å². The lowest BCUT2D eigenvalue weighted by Crippen LogP contribution is -2.37. The second-order valence-corrected chi connectivity index (χ2v) is 21.5. The van der Waals surface area contributed by atoms with Gasteiger partial charge in [0, 0.05) is 23.7 Å². The number of esters is 1. The number of carbonyl (C=O) groups excluding carboxylic acids is 1. The summed E-state index contributed by atoms with van der Waals surface area (Å²) >= 11 is 19.4. The fourth-order valence-electron chi connectivity index (χ4n) is 7.43. The molecule has 0 N–H and O–H groups in total. The van der Waals surface area contributed by atoms with Crippen molar-refractivity contribution in [3.05, 3.63) is 127 Å². The topological polar surface area (TPSA) is 167 Å². The summed E-state index contributed by atoms with van der Waals surface area (Å²) in [5.74, 6) is 1.27. The number of aryl methyl sites for hydroxylation is 1. The molecule has 7 aromatic rings. The van der Waals surface area contributed by atoms with Gasteiger partial charge in [-0.2, -0.15) is 8.42 Å². The zero-order chi connectivity index (χ0) is 48.5. The molecule has 0 saturated carbocycles. The van der Waals surface area contributed by atoms with Gasteiger partial charge in [0.05, 0.1) is 42.5 Å².